The Kier molecular flexibility index (Phi) is 6.45. The van der Waals surface area contributed by atoms with Crippen LogP contribution in [0.4, 0.5) is 0 Å². The third-order valence-electron chi connectivity index (χ3n) is 4.14. The van der Waals surface area contributed by atoms with E-state index in [9.17, 15) is 5.11 Å². The number of likely N-dealkylation sites (tertiary alicyclic amines) is 1. The fourth-order valence-corrected chi connectivity index (χ4v) is 2.79. The summed E-state index contributed by atoms with van der Waals surface area (Å²) >= 11 is 5.94. The van der Waals surface area contributed by atoms with Gasteiger partial charge in [0.2, 0.25) is 0 Å². The Morgan fingerprint density at radius 2 is 2.05 bits per heavy atom. The number of nitrogens with two attached hydrogens (primary N) is 1. The molecule has 0 amide bonds. The average molecular weight is 313 g/mol. The molecule has 1 aromatic carbocycles. The Labute approximate surface area is 131 Å². The third kappa shape index (κ3) is 5.57. The van der Waals surface area contributed by atoms with Crippen LogP contribution in [0.3, 0.4) is 0 Å². The van der Waals surface area contributed by atoms with Gasteiger partial charge in [-0.05, 0) is 37.0 Å². The molecule has 21 heavy (non-hydrogen) atoms. The Morgan fingerprint density at radius 1 is 1.29 bits per heavy atom. The number of halogens is 1. The molecule has 0 unspecified atom stereocenters. The molecule has 0 saturated carbocycles. The molecule has 4 nitrogen and oxygen atoms in total. The summed E-state index contributed by atoms with van der Waals surface area (Å²) in [6.07, 6.45) is 2.39. The normalized spacial score (nSPS) is 18.8. The molecule has 1 fully saturated rings. The van der Waals surface area contributed by atoms with Crippen LogP contribution in [0.15, 0.2) is 24.3 Å². The molecule has 2 rings (SSSR count). The monoisotopic (exact) mass is 312 g/mol. The molecule has 0 bridgehead atoms. The zero-order valence-corrected chi connectivity index (χ0v) is 13.2. The largest absolute Gasteiger partial charge is 0.388 e. The van der Waals surface area contributed by atoms with Crippen LogP contribution in [-0.4, -0.2) is 55.0 Å². The highest BCUT2D eigenvalue weighted by molar-refractivity contribution is 6.30. The van der Waals surface area contributed by atoms with Crippen molar-refractivity contribution in [2.24, 2.45) is 5.73 Å². The minimum atomic E-state index is -0.649. The molecule has 1 aliphatic rings. The molecule has 1 heterocycles. The third-order valence-corrected chi connectivity index (χ3v) is 4.38. The van der Waals surface area contributed by atoms with E-state index in [4.69, 9.17) is 22.1 Å². The average Bonchev–Trinajstić information content (AvgIpc) is 2.49. The van der Waals surface area contributed by atoms with Crippen LogP contribution in [0.1, 0.15) is 18.4 Å². The predicted octanol–water partition coefficient (Wildman–Crippen LogP) is 1.68. The number of hydrogen-bond donors (Lipinski definition) is 2. The first-order valence-corrected chi connectivity index (χ1v) is 7.96. The SMILES string of the molecule is NCC1(O)CCN(CCOCCc2cccc(Cl)c2)CC1. The molecule has 3 N–H and O–H groups in total. The van der Waals surface area contributed by atoms with Crippen molar-refractivity contribution in [3.63, 3.8) is 0 Å². The molecule has 5 heteroatoms. The lowest BCUT2D eigenvalue weighted by molar-refractivity contribution is -0.0194. The summed E-state index contributed by atoms with van der Waals surface area (Å²) in [5.41, 5.74) is 6.14. The second-order valence-corrected chi connectivity index (χ2v) is 6.20. The van der Waals surface area contributed by atoms with Gasteiger partial charge in [-0.3, -0.25) is 0 Å². The van der Waals surface area contributed by atoms with Crippen molar-refractivity contribution in [2.45, 2.75) is 24.9 Å². The number of rotatable bonds is 7. The summed E-state index contributed by atoms with van der Waals surface area (Å²) in [6, 6.07) is 7.88. The lowest BCUT2D eigenvalue weighted by Crippen LogP contribution is -2.49. The van der Waals surface area contributed by atoms with E-state index < -0.39 is 5.60 Å². The lowest BCUT2D eigenvalue weighted by atomic mass is 9.92. The standard InChI is InChI=1S/C16H25ClN2O2/c17-15-3-1-2-14(12-15)4-10-21-11-9-19-7-5-16(20,13-18)6-8-19/h1-3,12,20H,4-11,13,18H2. The van der Waals surface area contributed by atoms with Crippen molar-refractivity contribution in [2.75, 3.05) is 39.4 Å². The first-order valence-electron chi connectivity index (χ1n) is 7.58. The van der Waals surface area contributed by atoms with Gasteiger partial charge in [0.05, 0.1) is 18.8 Å². The van der Waals surface area contributed by atoms with Crippen LogP contribution < -0.4 is 5.73 Å². The van der Waals surface area contributed by atoms with Crippen LogP contribution in [0.25, 0.3) is 0 Å². The second kappa shape index (κ2) is 8.11. The lowest BCUT2D eigenvalue weighted by Gasteiger charge is -2.37. The maximum atomic E-state index is 10.1. The van der Waals surface area contributed by atoms with E-state index >= 15 is 0 Å². The van der Waals surface area contributed by atoms with Crippen molar-refractivity contribution in [1.82, 2.24) is 4.90 Å². The summed E-state index contributed by atoms with van der Waals surface area (Å²) in [5.74, 6) is 0. The molecule has 0 radical (unpaired) electrons. The first kappa shape index (κ1) is 16.7. The van der Waals surface area contributed by atoms with Crippen molar-refractivity contribution in [3.05, 3.63) is 34.9 Å². The Hall–Kier alpha value is -0.650. The summed E-state index contributed by atoms with van der Waals surface area (Å²) < 4.78 is 5.69. The van der Waals surface area contributed by atoms with Crippen LogP contribution >= 0.6 is 11.6 Å². The number of piperidine rings is 1. The van der Waals surface area contributed by atoms with Crippen LogP contribution in [-0.2, 0) is 11.2 Å². The highest BCUT2D eigenvalue weighted by Crippen LogP contribution is 2.20. The van der Waals surface area contributed by atoms with Crippen LogP contribution in [0.5, 0.6) is 0 Å². The number of aliphatic hydroxyl groups is 1. The van der Waals surface area contributed by atoms with E-state index in [-0.39, 0.29) is 0 Å². The Morgan fingerprint density at radius 3 is 2.71 bits per heavy atom. The van der Waals surface area contributed by atoms with Gasteiger partial charge in [-0.1, -0.05) is 23.7 Å². The van der Waals surface area contributed by atoms with Gasteiger partial charge in [0, 0.05) is 31.2 Å². The number of hydrogen-bond acceptors (Lipinski definition) is 4. The van der Waals surface area contributed by atoms with E-state index in [0.717, 1.165) is 50.5 Å². The van der Waals surface area contributed by atoms with Gasteiger partial charge in [-0.25, -0.2) is 0 Å². The van der Waals surface area contributed by atoms with Crippen molar-refractivity contribution in [3.8, 4) is 0 Å². The number of nitrogens with zero attached hydrogens (tertiary/aromatic N) is 1. The molecule has 1 aromatic rings. The van der Waals surface area contributed by atoms with E-state index in [1.807, 2.05) is 18.2 Å². The summed E-state index contributed by atoms with van der Waals surface area (Å²) in [5, 5.41) is 10.8. The minimum Gasteiger partial charge on any atom is -0.388 e. The summed E-state index contributed by atoms with van der Waals surface area (Å²) in [6.45, 7) is 4.49. The second-order valence-electron chi connectivity index (χ2n) is 5.76. The van der Waals surface area contributed by atoms with Gasteiger partial charge in [0.25, 0.3) is 0 Å². The minimum absolute atomic E-state index is 0.358. The van der Waals surface area contributed by atoms with Crippen molar-refractivity contribution < 1.29 is 9.84 Å². The highest BCUT2D eigenvalue weighted by Gasteiger charge is 2.30. The maximum absolute atomic E-state index is 10.1. The molecule has 0 spiro atoms. The van der Waals surface area contributed by atoms with Crippen LogP contribution in [0, 0.1) is 0 Å². The van der Waals surface area contributed by atoms with Crippen molar-refractivity contribution in [1.29, 1.82) is 0 Å². The van der Waals surface area contributed by atoms with E-state index in [1.165, 1.54) is 5.56 Å². The predicted molar refractivity (Wildman–Crippen MR) is 85.7 cm³/mol. The molecule has 0 atom stereocenters. The molecular formula is C16H25ClN2O2. The quantitative estimate of drug-likeness (QED) is 0.752. The molecule has 1 aliphatic heterocycles. The summed E-state index contributed by atoms with van der Waals surface area (Å²) in [7, 11) is 0. The fraction of sp³-hybridized carbons (Fsp3) is 0.625. The van der Waals surface area contributed by atoms with Gasteiger partial charge in [-0.2, -0.15) is 0 Å². The molecule has 118 valence electrons. The van der Waals surface area contributed by atoms with Crippen molar-refractivity contribution >= 4 is 11.6 Å². The van der Waals surface area contributed by atoms with E-state index in [2.05, 4.69) is 11.0 Å². The fourth-order valence-electron chi connectivity index (χ4n) is 2.58. The summed E-state index contributed by atoms with van der Waals surface area (Å²) in [4.78, 5) is 2.32. The first-order chi connectivity index (χ1) is 10.1. The van der Waals surface area contributed by atoms with Crippen LogP contribution in [0.2, 0.25) is 5.02 Å². The topological polar surface area (TPSA) is 58.7 Å². The van der Waals surface area contributed by atoms with Gasteiger partial charge >= 0.3 is 0 Å². The molecular weight excluding hydrogens is 288 g/mol. The highest BCUT2D eigenvalue weighted by atomic mass is 35.5. The van der Waals surface area contributed by atoms with Gasteiger partial charge in [0.15, 0.2) is 0 Å². The maximum Gasteiger partial charge on any atom is 0.0793 e. The molecule has 0 aliphatic carbocycles. The molecule has 0 aromatic heterocycles. The molecule has 1 saturated heterocycles. The zero-order valence-electron chi connectivity index (χ0n) is 12.4. The smallest absolute Gasteiger partial charge is 0.0793 e. The van der Waals surface area contributed by atoms with Gasteiger partial charge in [-0.15, -0.1) is 0 Å². The van der Waals surface area contributed by atoms with Gasteiger partial charge in [0.1, 0.15) is 0 Å². The van der Waals surface area contributed by atoms with Gasteiger partial charge < -0.3 is 20.5 Å². The zero-order chi connectivity index (χ0) is 15.1. The number of ether oxygens (including phenoxy) is 1. The van der Waals surface area contributed by atoms with E-state index in [1.54, 1.807) is 0 Å². The Bertz CT molecular complexity index is 434. The Balaban J connectivity index is 1.56. The number of benzene rings is 1. The van der Waals surface area contributed by atoms with E-state index in [0.29, 0.717) is 13.2 Å².